The van der Waals surface area contributed by atoms with Crippen LogP contribution in [-0.2, 0) is 19.2 Å². The Kier molecular flexibility index (Phi) is 12.0. The number of hydrogen-bond acceptors (Lipinski definition) is 8. The number of carbonyl (C=O) groups is 4. The molecule has 0 aromatic heterocycles. The van der Waals surface area contributed by atoms with Crippen LogP contribution >= 0.6 is 0 Å². The number of benzene rings is 3. The van der Waals surface area contributed by atoms with E-state index in [1.54, 1.807) is 0 Å². The van der Waals surface area contributed by atoms with Crippen molar-refractivity contribution in [3.8, 4) is 0 Å². The summed E-state index contributed by atoms with van der Waals surface area (Å²) in [6, 6.07) is 31.2. The number of amides is 1. The molecule has 5 N–H and O–H groups in total. The molecule has 3 aromatic carbocycles. The Morgan fingerprint density at radius 1 is 0.723 bits per heavy atom. The number of likely N-dealkylation sites (tertiary alicyclic amines) is 1. The number of hydrazone groups is 1. The van der Waals surface area contributed by atoms with Gasteiger partial charge in [-0.2, -0.15) is 5.10 Å². The van der Waals surface area contributed by atoms with E-state index in [0.717, 1.165) is 37.3 Å². The number of rotatable bonds is 12. The van der Waals surface area contributed by atoms with Crippen molar-refractivity contribution in [1.82, 2.24) is 9.91 Å². The van der Waals surface area contributed by atoms with Crippen LogP contribution in [0.1, 0.15) is 48.3 Å². The first kappa shape index (κ1) is 35.0. The maximum atomic E-state index is 13.6. The average Bonchev–Trinajstić information content (AvgIpc) is 3.35. The molecule has 2 aliphatic rings. The standard InChI is InChI=1S/C31H33N3O3.C4H6O6/c35-28(36)17-21-34-30(37)31(29(32-34)26-14-8-3-9-15-26)18-22-33(23-19-31)20-16-27(24-10-4-1-5-11-24)25-12-6-2-7-13-25;5-1(3(7)8)2(6)4(9)10/h1-15,27H,16-23H2,(H,35,36);1-2,5-6H,(H,7,8)(H,9,10). The largest absolute Gasteiger partial charge is 0.481 e. The molecule has 2 aliphatic heterocycles. The average molecular weight is 646 g/mol. The maximum Gasteiger partial charge on any atom is 0.335 e. The number of carboxylic acid groups (broad SMARTS) is 3. The van der Waals surface area contributed by atoms with E-state index in [4.69, 9.17) is 25.5 Å². The molecule has 12 heteroatoms. The zero-order chi connectivity index (χ0) is 34.0. The van der Waals surface area contributed by atoms with Crippen molar-refractivity contribution < 1.29 is 44.7 Å². The lowest BCUT2D eigenvalue weighted by Gasteiger charge is -2.39. The molecule has 1 spiro atoms. The molecule has 0 radical (unpaired) electrons. The van der Waals surface area contributed by atoms with Gasteiger partial charge in [0.05, 0.1) is 24.1 Å². The number of carbonyl (C=O) groups excluding carboxylic acids is 1. The predicted octanol–water partition coefficient (Wildman–Crippen LogP) is 2.89. The lowest BCUT2D eigenvalue weighted by molar-refractivity contribution is -0.165. The molecule has 2 unspecified atom stereocenters. The molecule has 47 heavy (non-hydrogen) atoms. The third kappa shape index (κ3) is 8.67. The summed E-state index contributed by atoms with van der Waals surface area (Å²) in [7, 11) is 0. The van der Waals surface area contributed by atoms with Gasteiger partial charge in [0.25, 0.3) is 5.91 Å². The fraction of sp³-hybridized carbons (Fsp3) is 0.343. The number of aliphatic hydroxyl groups excluding tert-OH is 2. The monoisotopic (exact) mass is 645 g/mol. The molecule has 0 saturated carbocycles. The quantitative estimate of drug-likeness (QED) is 0.196. The molecule has 5 rings (SSSR count). The van der Waals surface area contributed by atoms with Gasteiger partial charge in [0, 0.05) is 5.92 Å². The second kappa shape index (κ2) is 16.1. The highest BCUT2D eigenvalue weighted by Gasteiger charge is 2.52. The molecule has 0 aliphatic carbocycles. The molecular formula is C35H39N3O9. The zero-order valence-corrected chi connectivity index (χ0v) is 25.8. The highest BCUT2D eigenvalue weighted by molar-refractivity contribution is 6.19. The Balaban J connectivity index is 0.000000434. The third-order valence-electron chi connectivity index (χ3n) is 8.56. The predicted molar refractivity (Wildman–Crippen MR) is 172 cm³/mol. The first-order chi connectivity index (χ1) is 22.5. The number of hydrogen-bond donors (Lipinski definition) is 5. The summed E-state index contributed by atoms with van der Waals surface area (Å²) in [6.07, 6.45) is -2.27. The summed E-state index contributed by atoms with van der Waals surface area (Å²) in [4.78, 5) is 46.8. The number of piperidine rings is 1. The van der Waals surface area contributed by atoms with E-state index in [1.807, 2.05) is 30.3 Å². The highest BCUT2D eigenvalue weighted by atomic mass is 16.4. The van der Waals surface area contributed by atoms with Crippen molar-refractivity contribution in [3.05, 3.63) is 108 Å². The Bertz CT molecular complexity index is 1480. The zero-order valence-electron chi connectivity index (χ0n) is 25.8. The van der Waals surface area contributed by atoms with Crippen LogP contribution in [0.4, 0.5) is 0 Å². The number of carboxylic acids is 3. The molecule has 1 amide bonds. The summed E-state index contributed by atoms with van der Waals surface area (Å²) in [5.74, 6) is -4.20. The number of aliphatic carboxylic acids is 3. The van der Waals surface area contributed by atoms with E-state index >= 15 is 0 Å². The summed E-state index contributed by atoms with van der Waals surface area (Å²) >= 11 is 0. The third-order valence-corrected chi connectivity index (χ3v) is 8.56. The van der Waals surface area contributed by atoms with Gasteiger partial charge in [0.1, 0.15) is 0 Å². The van der Waals surface area contributed by atoms with Crippen molar-refractivity contribution in [2.24, 2.45) is 10.5 Å². The van der Waals surface area contributed by atoms with Gasteiger partial charge in [0.2, 0.25) is 0 Å². The highest BCUT2D eigenvalue weighted by Crippen LogP contribution is 2.42. The first-order valence-corrected chi connectivity index (χ1v) is 15.4. The lowest BCUT2D eigenvalue weighted by atomic mass is 9.72. The van der Waals surface area contributed by atoms with Crippen LogP contribution in [0.3, 0.4) is 0 Å². The van der Waals surface area contributed by atoms with Crippen molar-refractivity contribution in [3.63, 3.8) is 0 Å². The summed E-state index contributed by atoms with van der Waals surface area (Å²) in [6.45, 7) is 2.66. The van der Waals surface area contributed by atoms with Gasteiger partial charge in [-0.1, -0.05) is 91.0 Å². The van der Waals surface area contributed by atoms with Gasteiger partial charge >= 0.3 is 17.9 Å². The van der Waals surface area contributed by atoms with Crippen LogP contribution < -0.4 is 0 Å². The lowest BCUT2D eigenvalue weighted by Crippen LogP contribution is -2.49. The fourth-order valence-electron chi connectivity index (χ4n) is 5.98. The second-order valence-electron chi connectivity index (χ2n) is 11.5. The molecule has 1 fully saturated rings. The van der Waals surface area contributed by atoms with Crippen molar-refractivity contribution in [2.75, 3.05) is 26.2 Å². The fourth-order valence-corrected chi connectivity index (χ4v) is 5.98. The maximum absolute atomic E-state index is 13.6. The van der Waals surface area contributed by atoms with Gasteiger partial charge in [0.15, 0.2) is 12.2 Å². The molecule has 12 nitrogen and oxygen atoms in total. The molecule has 2 heterocycles. The molecule has 1 saturated heterocycles. The first-order valence-electron chi connectivity index (χ1n) is 15.4. The van der Waals surface area contributed by atoms with Crippen molar-refractivity contribution >= 4 is 29.5 Å². The van der Waals surface area contributed by atoms with Crippen LogP contribution in [0, 0.1) is 5.41 Å². The molecule has 2 atom stereocenters. The minimum atomic E-state index is -2.27. The van der Waals surface area contributed by atoms with Crippen LogP contribution in [0.5, 0.6) is 0 Å². The summed E-state index contributed by atoms with van der Waals surface area (Å²) < 4.78 is 0. The van der Waals surface area contributed by atoms with E-state index in [1.165, 1.54) is 16.1 Å². The molecule has 0 bridgehead atoms. The number of aliphatic hydroxyl groups is 2. The van der Waals surface area contributed by atoms with Crippen molar-refractivity contribution in [1.29, 1.82) is 0 Å². The number of nitrogens with zero attached hydrogens (tertiary/aromatic N) is 3. The van der Waals surface area contributed by atoms with Crippen LogP contribution in [-0.4, -0.2) is 103 Å². The second-order valence-corrected chi connectivity index (χ2v) is 11.5. The van der Waals surface area contributed by atoms with Crippen LogP contribution in [0.15, 0.2) is 96.1 Å². The normalized spacial score (nSPS) is 17.0. The molecular weight excluding hydrogens is 606 g/mol. The van der Waals surface area contributed by atoms with Crippen molar-refractivity contribution in [2.45, 2.75) is 43.8 Å². The van der Waals surface area contributed by atoms with Crippen LogP contribution in [0.25, 0.3) is 0 Å². The van der Waals surface area contributed by atoms with E-state index < -0.39 is 35.5 Å². The Morgan fingerprint density at radius 2 is 1.19 bits per heavy atom. The SMILES string of the molecule is O=C(O)C(O)C(O)C(=O)O.O=C(O)CCN1N=C(c2ccccc2)C2(CCN(CCC(c3ccccc3)c3ccccc3)CC2)C1=O. The van der Waals surface area contributed by atoms with Gasteiger partial charge < -0.3 is 30.4 Å². The Morgan fingerprint density at radius 3 is 1.64 bits per heavy atom. The smallest absolute Gasteiger partial charge is 0.335 e. The minimum Gasteiger partial charge on any atom is -0.481 e. The minimum absolute atomic E-state index is 0.0568. The summed E-state index contributed by atoms with van der Waals surface area (Å²) in [5.41, 5.74) is 3.68. The van der Waals surface area contributed by atoms with E-state index in [-0.39, 0.29) is 18.9 Å². The van der Waals surface area contributed by atoms with E-state index in [2.05, 4.69) is 70.7 Å². The molecule has 248 valence electrons. The Labute approximate surface area is 272 Å². The van der Waals surface area contributed by atoms with E-state index in [0.29, 0.717) is 18.8 Å². The Hall–Kier alpha value is -4.91. The van der Waals surface area contributed by atoms with Gasteiger partial charge in [-0.15, -0.1) is 0 Å². The molecule has 3 aromatic rings. The van der Waals surface area contributed by atoms with Crippen LogP contribution in [0.2, 0.25) is 0 Å². The summed E-state index contributed by atoms with van der Waals surface area (Å²) in [5, 5.41) is 47.8. The van der Waals surface area contributed by atoms with E-state index in [9.17, 15) is 19.2 Å². The van der Waals surface area contributed by atoms with Gasteiger partial charge in [-0.25, -0.2) is 14.6 Å². The van der Waals surface area contributed by atoms with Gasteiger partial charge in [-0.05, 0) is 55.6 Å². The topological polar surface area (TPSA) is 188 Å². The van der Waals surface area contributed by atoms with Gasteiger partial charge in [-0.3, -0.25) is 9.59 Å².